The molecule has 1 saturated heterocycles. The minimum Gasteiger partial charge on any atom is -0.335 e. The van der Waals surface area contributed by atoms with E-state index in [1.54, 1.807) is 0 Å². The fraction of sp³-hybridized carbons (Fsp3) is 0.533. The summed E-state index contributed by atoms with van der Waals surface area (Å²) in [6.45, 7) is 13.8. The Labute approximate surface area is 195 Å². The van der Waals surface area contributed by atoms with Crippen LogP contribution in [0.3, 0.4) is 0 Å². The van der Waals surface area contributed by atoms with Crippen LogP contribution in [0.5, 0.6) is 0 Å². The van der Waals surface area contributed by atoms with Crippen molar-refractivity contribution in [3.05, 3.63) is 70.9 Å². The van der Waals surface area contributed by atoms with Crippen LogP contribution in [0, 0.1) is 5.41 Å². The van der Waals surface area contributed by atoms with Crippen LogP contribution in [0.15, 0.2) is 54.2 Å². The summed E-state index contributed by atoms with van der Waals surface area (Å²) in [5.74, 6) is 1.03. The molecular weight excluding hydrogens is 390 g/mol. The molecule has 0 amide bonds. The molecule has 1 heterocycles. The first-order chi connectivity index (χ1) is 15.2. The van der Waals surface area contributed by atoms with Gasteiger partial charge in [-0.2, -0.15) is 0 Å². The lowest BCUT2D eigenvalue weighted by Crippen LogP contribution is -2.39. The zero-order valence-electron chi connectivity index (χ0n) is 20.9. The molecule has 0 aromatic heterocycles. The molecule has 171 valence electrons. The van der Waals surface area contributed by atoms with Gasteiger partial charge in [0.2, 0.25) is 5.76 Å². The van der Waals surface area contributed by atoms with Crippen LogP contribution in [0.1, 0.15) is 109 Å². The van der Waals surface area contributed by atoms with Crippen molar-refractivity contribution in [2.24, 2.45) is 5.41 Å². The zero-order chi connectivity index (χ0) is 23.1. The molecule has 4 rings (SSSR count). The van der Waals surface area contributed by atoms with Crippen LogP contribution < -0.4 is 4.90 Å². The van der Waals surface area contributed by atoms with Gasteiger partial charge in [-0.3, -0.25) is 5.11 Å². The first-order valence-electron chi connectivity index (χ1n) is 12.6. The van der Waals surface area contributed by atoms with Crippen LogP contribution in [0.4, 0.5) is 5.69 Å². The van der Waals surface area contributed by atoms with Crippen LogP contribution in [-0.2, 0) is 5.11 Å². The van der Waals surface area contributed by atoms with E-state index >= 15 is 0 Å². The average Bonchev–Trinajstić information content (AvgIpc) is 2.99. The summed E-state index contributed by atoms with van der Waals surface area (Å²) >= 11 is 0. The van der Waals surface area contributed by atoms with Crippen molar-refractivity contribution in [3.63, 3.8) is 0 Å². The maximum atomic E-state index is 14.3. The molecule has 2 nitrogen and oxygen atoms in total. The van der Waals surface area contributed by atoms with E-state index in [2.05, 4.69) is 64.6 Å². The average molecular weight is 431 g/mol. The molecule has 2 aliphatic rings. The van der Waals surface area contributed by atoms with Crippen molar-refractivity contribution in [1.29, 1.82) is 0 Å². The summed E-state index contributed by atoms with van der Waals surface area (Å²) < 4.78 is 0. The molecule has 2 heteroatoms. The van der Waals surface area contributed by atoms with E-state index in [0.717, 1.165) is 30.5 Å². The Hall–Kier alpha value is -2.22. The van der Waals surface area contributed by atoms with Gasteiger partial charge in [0, 0.05) is 22.2 Å². The Kier molecular flexibility index (Phi) is 6.18. The number of nitrogens with zero attached hydrogens (tertiary/aromatic N) is 1. The maximum Gasteiger partial charge on any atom is 0.205 e. The van der Waals surface area contributed by atoms with Crippen molar-refractivity contribution in [3.8, 4) is 0 Å². The van der Waals surface area contributed by atoms with Gasteiger partial charge in [-0.15, -0.1) is 0 Å². The van der Waals surface area contributed by atoms with Crippen LogP contribution in [-0.4, -0.2) is 5.54 Å². The van der Waals surface area contributed by atoms with Crippen LogP contribution in [0.25, 0.3) is 5.76 Å². The third-order valence-electron chi connectivity index (χ3n) is 7.73. The molecule has 1 spiro atoms. The number of benzene rings is 2. The van der Waals surface area contributed by atoms with Crippen molar-refractivity contribution in [2.75, 3.05) is 4.90 Å². The molecule has 0 atom stereocenters. The molecular formula is C30H40NO. The number of para-hydroxylation sites is 1. The van der Waals surface area contributed by atoms with E-state index in [1.807, 2.05) is 30.3 Å². The standard InChI is InChI=1S/C30H40NO/c1-21(2)24-16-13-17-25(22(3)4)26(24)31-28(27(32)23-14-9-7-10-15-23)30(20-29(31,5)6)18-11-8-12-19-30/h7,9-10,13-17,21-22H,8,11-12,18-20H2,1-6H3. The highest BCUT2D eigenvalue weighted by Gasteiger charge is 2.55. The first-order valence-corrected chi connectivity index (χ1v) is 12.6. The number of anilines is 1. The Morgan fingerprint density at radius 2 is 1.38 bits per heavy atom. The monoisotopic (exact) mass is 430 g/mol. The van der Waals surface area contributed by atoms with Crippen molar-refractivity contribution in [2.45, 2.75) is 97.4 Å². The summed E-state index contributed by atoms with van der Waals surface area (Å²) in [5.41, 5.74) is 5.76. The van der Waals surface area contributed by atoms with Gasteiger partial charge in [0.15, 0.2) is 0 Å². The Morgan fingerprint density at radius 3 is 1.91 bits per heavy atom. The lowest BCUT2D eigenvalue weighted by Gasteiger charge is -2.40. The van der Waals surface area contributed by atoms with Crippen molar-refractivity contribution < 1.29 is 5.11 Å². The third-order valence-corrected chi connectivity index (χ3v) is 7.73. The normalized spacial score (nSPS) is 21.6. The number of rotatable bonds is 4. The smallest absolute Gasteiger partial charge is 0.205 e. The lowest BCUT2D eigenvalue weighted by molar-refractivity contribution is 0.223. The van der Waals surface area contributed by atoms with E-state index in [1.165, 1.54) is 36.1 Å². The lowest BCUT2D eigenvalue weighted by atomic mass is 9.69. The molecule has 32 heavy (non-hydrogen) atoms. The maximum absolute atomic E-state index is 14.3. The Morgan fingerprint density at radius 1 is 0.812 bits per heavy atom. The second-order valence-corrected chi connectivity index (χ2v) is 11.3. The summed E-state index contributed by atoms with van der Waals surface area (Å²) in [7, 11) is 0. The number of hydrogen-bond donors (Lipinski definition) is 0. The van der Waals surface area contributed by atoms with E-state index in [4.69, 9.17) is 0 Å². The van der Waals surface area contributed by atoms with Gasteiger partial charge in [-0.1, -0.05) is 95.5 Å². The van der Waals surface area contributed by atoms with E-state index in [9.17, 15) is 5.11 Å². The van der Waals surface area contributed by atoms with Gasteiger partial charge in [0.05, 0.1) is 5.70 Å². The second kappa shape index (κ2) is 8.61. The van der Waals surface area contributed by atoms with Crippen LogP contribution in [0.2, 0.25) is 0 Å². The third kappa shape index (κ3) is 3.87. The van der Waals surface area contributed by atoms with Crippen LogP contribution >= 0.6 is 0 Å². The van der Waals surface area contributed by atoms with Gasteiger partial charge in [0.25, 0.3) is 0 Å². The molecule has 0 N–H and O–H groups in total. The molecule has 0 bridgehead atoms. The SMILES string of the molecule is CC(C)c1cccc(C(C)C)c1N1C(=C([O])c2ccccc2)C2(CCCCC2)CC1(C)C. The van der Waals surface area contributed by atoms with Crippen molar-refractivity contribution >= 4 is 11.4 Å². The summed E-state index contributed by atoms with van der Waals surface area (Å²) in [5, 5.41) is 14.3. The molecule has 1 aliphatic heterocycles. The highest BCUT2D eigenvalue weighted by Crippen LogP contribution is 2.60. The highest BCUT2D eigenvalue weighted by atomic mass is 16.3. The minimum atomic E-state index is -0.105. The molecule has 2 fully saturated rings. The van der Waals surface area contributed by atoms with E-state index < -0.39 is 0 Å². The van der Waals surface area contributed by atoms with Gasteiger partial charge in [-0.25, -0.2) is 0 Å². The predicted octanol–water partition coefficient (Wildman–Crippen LogP) is 8.67. The van der Waals surface area contributed by atoms with Gasteiger partial charge in [-0.05, 0) is 56.1 Å². The zero-order valence-corrected chi connectivity index (χ0v) is 20.9. The van der Waals surface area contributed by atoms with E-state index in [-0.39, 0.29) is 16.7 Å². The fourth-order valence-corrected chi connectivity index (χ4v) is 6.43. The van der Waals surface area contributed by atoms with Gasteiger partial charge >= 0.3 is 0 Å². The topological polar surface area (TPSA) is 23.1 Å². The molecule has 1 aliphatic carbocycles. The summed E-state index contributed by atoms with van der Waals surface area (Å²) in [6, 6.07) is 16.7. The molecule has 1 radical (unpaired) electrons. The second-order valence-electron chi connectivity index (χ2n) is 11.3. The molecule has 1 saturated carbocycles. The highest BCUT2D eigenvalue weighted by molar-refractivity contribution is 5.76. The summed E-state index contributed by atoms with van der Waals surface area (Å²) in [6.07, 6.45) is 7.03. The van der Waals surface area contributed by atoms with E-state index in [0.29, 0.717) is 11.8 Å². The predicted molar refractivity (Wildman–Crippen MR) is 135 cm³/mol. The molecule has 0 unspecified atom stereocenters. The largest absolute Gasteiger partial charge is 0.335 e. The molecule has 2 aromatic rings. The Balaban J connectivity index is 2.05. The Bertz CT molecular complexity index is 951. The fourth-order valence-electron chi connectivity index (χ4n) is 6.43. The first kappa shape index (κ1) is 23.0. The number of allylic oxidation sites excluding steroid dienone is 1. The quantitative estimate of drug-likeness (QED) is 0.445. The minimum absolute atomic E-state index is 0.0208. The van der Waals surface area contributed by atoms with Gasteiger partial charge < -0.3 is 4.90 Å². The molecule has 2 aromatic carbocycles. The summed E-state index contributed by atoms with van der Waals surface area (Å²) in [4.78, 5) is 2.51. The van der Waals surface area contributed by atoms with Gasteiger partial charge in [0.1, 0.15) is 0 Å². The van der Waals surface area contributed by atoms with Crippen molar-refractivity contribution in [1.82, 2.24) is 0 Å². The number of hydrogen-bond acceptors (Lipinski definition) is 1.